The number of hydrogen-bond acceptors (Lipinski definition) is 4. The lowest BCUT2D eigenvalue weighted by Gasteiger charge is -2.23. The summed E-state index contributed by atoms with van der Waals surface area (Å²) in [6.07, 6.45) is -3.94. The van der Waals surface area contributed by atoms with E-state index < -0.39 is 12.0 Å². The van der Waals surface area contributed by atoms with Gasteiger partial charge in [-0.25, -0.2) is 9.97 Å². The predicted molar refractivity (Wildman–Crippen MR) is 64.3 cm³/mol. The van der Waals surface area contributed by atoms with Gasteiger partial charge in [0.25, 0.3) is 0 Å². The zero-order valence-electron chi connectivity index (χ0n) is 10.2. The maximum atomic E-state index is 12.6. The van der Waals surface area contributed by atoms with Crippen LogP contribution in [0.3, 0.4) is 0 Å². The predicted octanol–water partition coefficient (Wildman–Crippen LogP) is 2.76. The van der Waals surface area contributed by atoms with Crippen LogP contribution in [0.4, 0.5) is 19.0 Å². The first kappa shape index (κ1) is 14.3. The molecule has 2 heterocycles. The molecule has 19 heavy (non-hydrogen) atoms. The van der Waals surface area contributed by atoms with Gasteiger partial charge in [-0.15, -0.1) is 0 Å². The second-order valence-corrected chi connectivity index (χ2v) is 4.74. The Morgan fingerprint density at radius 3 is 2.84 bits per heavy atom. The van der Waals surface area contributed by atoms with Crippen LogP contribution < -0.4 is 4.90 Å². The highest BCUT2D eigenvalue weighted by Crippen LogP contribution is 2.29. The van der Waals surface area contributed by atoms with E-state index in [4.69, 9.17) is 16.3 Å². The second kappa shape index (κ2) is 5.50. The Bertz CT molecular complexity index is 455. The molecule has 0 saturated carbocycles. The summed E-state index contributed by atoms with van der Waals surface area (Å²) in [7, 11) is 0. The van der Waals surface area contributed by atoms with E-state index in [1.807, 2.05) is 6.92 Å². The average Bonchev–Trinajstić information content (AvgIpc) is 2.52. The average molecular weight is 296 g/mol. The Morgan fingerprint density at radius 2 is 2.16 bits per heavy atom. The van der Waals surface area contributed by atoms with E-state index >= 15 is 0 Å². The molecule has 0 spiro atoms. The van der Waals surface area contributed by atoms with E-state index in [0.717, 1.165) is 6.42 Å². The lowest BCUT2D eigenvalue weighted by Crippen LogP contribution is -2.31. The van der Waals surface area contributed by atoms with Crippen molar-refractivity contribution in [1.82, 2.24) is 9.97 Å². The summed E-state index contributed by atoms with van der Waals surface area (Å²) in [5, 5.41) is -0.213. The van der Waals surface area contributed by atoms with E-state index in [9.17, 15) is 13.2 Å². The van der Waals surface area contributed by atoms with E-state index in [1.165, 1.54) is 6.07 Å². The molecule has 4 nitrogen and oxygen atoms in total. The molecule has 0 N–H and O–H groups in total. The fourth-order valence-electron chi connectivity index (χ4n) is 1.90. The van der Waals surface area contributed by atoms with Crippen LogP contribution in [-0.4, -0.2) is 35.8 Å². The Balaban J connectivity index is 2.30. The highest BCUT2D eigenvalue weighted by molar-refractivity contribution is 6.29. The standard InChI is InChI=1S/C11H13ClF3N3O/c1-7-6-18(3-2-4-19-7)9-5-8(12)16-10(17-9)11(13,14)15/h5,7H,2-4,6H2,1H3. The van der Waals surface area contributed by atoms with Crippen LogP contribution in [-0.2, 0) is 10.9 Å². The van der Waals surface area contributed by atoms with E-state index in [1.54, 1.807) is 4.90 Å². The van der Waals surface area contributed by atoms with E-state index in [2.05, 4.69) is 9.97 Å². The smallest absolute Gasteiger partial charge is 0.377 e. The van der Waals surface area contributed by atoms with Crippen LogP contribution in [0, 0.1) is 0 Å². The number of hydrogen-bond donors (Lipinski definition) is 0. The van der Waals surface area contributed by atoms with Gasteiger partial charge in [0, 0.05) is 25.8 Å². The van der Waals surface area contributed by atoms with Gasteiger partial charge < -0.3 is 9.64 Å². The second-order valence-electron chi connectivity index (χ2n) is 4.35. The fraction of sp³-hybridized carbons (Fsp3) is 0.636. The third kappa shape index (κ3) is 3.70. The molecule has 1 aromatic rings. The monoisotopic (exact) mass is 295 g/mol. The number of aromatic nitrogens is 2. The van der Waals surface area contributed by atoms with Gasteiger partial charge in [-0.2, -0.15) is 13.2 Å². The maximum Gasteiger partial charge on any atom is 0.451 e. The minimum Gasteiger partial charge on any atom is -0.377 e. The third-order valence-electron chi connectivity index (χ3n) is 2.71. The van der Waals surface area contributed by atoms with Crippen LogP contribution >= 0.6 is 11.6 Å². The number of nitrogens with zero attached hydrogens (tertiary/aromatic N) is 3. The van der Waals surface area contributed by atoms with Crippen molar-refractivity contribution in [2.24, 2.45) is 0 Å². The van der Waals surface area contributed by atoms with Crippen molar-refractivity contribution in [2.45, 2.75) is 25.6 Å². The number of rotatable bonds is 1. The molecular formula is C11H13ClF3N3O. The van der Waals surface area contributed by atoms with Crippen LogP contribution in [0.15, 0.2) is 6.07 Å². The van der Waals surface area contributed by atoms with Gasteiger partial charge in [-0.1, -0.05) is 11.6 Å². The highest BCUT2D eigenvalue weighted by atomic mass is 35.5. The van der Waals surface area contributed by atoms with Crippen LogP contribution in [0.5, 0.6) is 0 Å². The van der Waals surface area contributed by atoms with E-state index in [-0.39, 0.29) is 17.1 Å². The van der Waals surface area contributed by atoms with Gasteiger partial charge in [-0.3, -0.25) is 0 Å². The van der Waals surface area contributed by atoms with Gasteiger partial charge >= 0.3 is 6.18 Å². The van der Waals surface area contributed by atoms with Crippen molar-refractivity contribution in [3.05, 3.63) is 17.0 Å². The summed E-state index contributed by atoms with van der Waals surface area (Å²) in [6, 6.07) is 1.34. The Hall–Kier alpha value is -1.08. The summed E-state index contributed by atoms with van der Waals surface area (Å²) in [6.45, 7) is 3.51. The first-order chi connectivity index (χ1) is 8.86. The molecule has 0 amide bonds. The first-order valence-electron chi connectivity index (χ1n) is 5.84. The van der Waals surface area contributed by atoms with Crippen molar-refractivity contribution in [1.29, 1.82) is 0 Å². The summed E-state index contributed by atoms with van der Waals surface area (Å²) in [5.74, 6) is -1.03. The van der Waals surface area contributed by atoms with Gasteiger partial charge in [0.05, 0.1) is 6.10 Å². The number of anilines is 1. The number of halogens is 4. The van der Waals surface area contributed by atoms with Crippen molar-refractivity contribution in [3.63, 3.8) is 0 Å². The number of ether oxygens (including phenoxy) is 1. The molecule has 1 aliphatic heterocycles. The molecule has 2 rings (SSSR count). The normalized spacial score (nSPS) is 21.3. The topological polar surface area (TPSA) is 38.2 Å². The van der Waals surface area contributed by atoms with Gasteiger partial charge in [0.2, 0.25) is 5.82 Å². The van der Waals surface area contributed by atoms with Gasteiger partial charge in [-0.05, 0) is 13.3 Å². The van der Waals surface area contributed by atoms with Crippen molar-refractivity contribution >= 4 is 17.4 Å². The SMILES string of the molecule is CC1CN(c2cc(Cl)nc(C(F)(F)F)n2)CCCO1. The Kier molecular flexibility index (Phi) is 4.15. The summed E-state index contributed by atoms with van der Waals surface area (Å²) in [4.78, 5) is 8.50. The largest absolute Gasteiger partial charge is 0.451 e. The van der Waals surface area contributed by atoms with Gasteiger partial charge in [0.15, 0.2) is 0 Å². The minimum atomic E-state index is -4.60. The Morgan fingerprint density at radius 1 is 1.42 bits per heavy atom. The lowest BCUT2D eigenvalue weighted by atomic mass is 10.3. The molecule has 1 aliphatic rings. The molecule has 1 atom stereocenters. The molecule has 8 heteroatoms. The third-order valence-corrected chi connectivity index (χ3v) is 2.90. The molecule has 1 saturated heterocycles. The minimum absolute atomic E-state index is 0.0643. The lowest BCUT2D eigenvalue weighted by molar-refractivity contribution is -0.144. The molecular weight excluding hydrogens is 283 g/mol. The maximum absolute atomic E-state index is 12.6. The van der Waals surface area contributed by atoms with Crippen molar-refractivity contribution in [3.8, 4) is 0 Å². The zero-order chi connectivity index (χ0) is 14.0. The van der Waals surface area contributed by atoms with Crippen LogP contribution in [0.1, 0.15) is 19.2 Å². The summed E-state index contributed by atoms with van der Waals surface area (Å²) >= 11 is 5.64. The van der Waals surface area contributed by atoms with Gasteiger partial charge in [0.1, 0.15) is 11.0 Å². The van der Waals surface area contributed by atoms with Crippen molar-refractivity contribution in [2.75, 3.05) is 24.6 Å². The molecule has 1 aromatic heterocycles. The Labute approximate surface area is 113 Å². The zero-order valence-corrected chi connectivity index (χ0v) is 11.0. The molecule has 0 radical (unpaired) electrons. The molecule has 106 valence electrons. The molecule has 0 bridgehead atoms. The molecule has 1 unspecified atom stereocenters. The van der Waals surface area contributed by atoms with Crippen LogP contribution in [0.2, 0.25) is 5.15 Å². The molecule has 1 fully saturated rings. The van der Waals surface area contributed by atoms with E-state index in [0.29, 0.717) is 19.7 Å². The van der Waals surface area contributed by atoms with Crippen molar-refractivity contribution < 1.29 is 17.9 Å². The molecule has 0 aliphatic carbocycles. The molecule has 0 aromatic carbocycles. The number of alkyl halides is 3. The first-order valence-corrected chi connectivity index (χ1v) is 6.22. The van der Waals surface area contributed by atoms with Crippen LogP contribution in [0.25, 0.3) is 0 Å². The fourth-order valence-corrected chi connectivity index (χ4v) is 2.07. The quantitative estimate of drug-likeness (QED) is 0.747. The highest BCUT2D eigenvalue weighted by Gasteiger charge is 2.36. The summed E-state index contributed by atoms with van der Waals surface area (Å²) < 4.78 is 43.4. The summed E-state index contributed by atoms with van der Waals surface area (Å²) in [5.41, 5.74) is 0.